The Hall–Kier alpha value is -2.19. The predicted octanol–water partition coefficient (Wildman–Crippen LogP) is 9.53. The first-order valence-electron chi connectivity index (χ1n) is 12.4. The monoisotopic (exact) mass is 466 g/mol. The molecule has 0 saturated heterocycles. The number of rotatable bonds is 8. The highest BCUT2D eigenvalue weighted by Gasteiger charge is 2.22. The zero-order valence-corrected chi connectivity index (χ0v) is 20.2. The van der Waals surface area contributed by atoms with E-state index in [1.54, 1.807) is 18.2 Å². The fourth-order valence-corrected chi connectivity index (χ4v) is 5.22. The van der Waals surface area contributed by atoms with E-state index in [0.717, 1.165) is 18.4 Å². The average molecular weight is 467 g/mol. The molecule has 3 heteroatoms. The number of aryl methyl sites for hydroxylation is 2. The number of unbranched alkanes of at least 4 members (excludes halogenated alkanes) is 1. The second-order valence-electron chi connectivity index (χ2n) is 9.54. The first-order valence-corrected chi connectivity index (χ1v) is 12.7. The van der Waals surface area contributed by atoms with Crippen molar-refractivity contribution >= 4 is 11.6 Å². The molecule has 1 aliphatic rings. The Morgan fingerprint density at radius 1 is 0.788 bits per heavy atom. The van der Waals surface area contributed by atoms with Gasteiger partial charge in [-0.15, -0.1) is 0 Å². The largest absolute Gasteiger partial charge is 0.206 e. The van der Waals surface area contributed by atoms with Crippen molar-refractivity contribution in [2.75, 3.05) is 0 Å². The lowest BCUT2D eigenvalue weighted by Crippen LogP contribution is -2.14. The summed E-state index contributed by atoms with van der Waals surface area (Å²) in [5, 5.41) is 0.0505. The van der Waals surface area contributed by atoms with Gasteiger partial charge in [0.1, 0.15) is 11.6 Å². The van der Waals surface area contributed by atoms with Crippen LogP contribution in [0.25, 0.3) is 11.1 Å². The average Bonchev–Trinajstić information content (AvgIpc) is 2.84. The molecule has 174 valence electrons. The van der Waals surface area contributed by atoms with Crippen molar-refractivity contribution in [3.63, 3.8) is 0 Å². The second kappa shape index (κ2) is 11.3. The highest BCUT2D eigenvalue weighted by atomic mass is 35.5. The van der Waals surface area contributed by atoms with Crippen LogP contribution in [0.2, 0.25) is 5.02 Å². The molecule has 0 radical (unpaired) electrons. The lowest BCUT2D eigenvalue weighted by atomic mass is 9.76. The fraction of sp³-hybridized carbons (Fsp3) is 0.400. The molecule has 1 fully saturated rings. The minimum absolute atomic E-state index is 0.0505. The molecule has 0 atom stereocenters. The van der Waals surface area contributed by atoms with Gasteiger partial charge in [-0.25, -0.2) is 8.78 Å². The molecular weight excluding hydrogens is 434 g/mol. The Bertz CT molecular complexity index is 1050. The number of hydrogen-bond donors (Lipinski definition) is 0. The van der Waals surface area contributed by atoms with E-state index < -0.39 is 5.82 Å². The highest BCUT2D eigenvalue weighted by molar-refractivity contribution is 6.30. The van der Waals surface area contributed by atoms with Gasteiger partial charge in [0.15, 0.2) is 0 Å². The molecule has 0 aromatic heterocycles. The normalized spacial score (nSPS) is 18.4. The van der Waals surface area contributed by atoms with Crippen LogP contribution in [0, 0.1) is 17.6 Å². The Morgan fingerprint density at radius 3 is 2.18 bits per heavy atom. The minimum Gasteiger partial charge on any atom is -0.206 e. The Kier molecular flexibility index (Phi) is 8.20. The van der Waals surface area contributed by atoms with E-state index in [-0.39, 0.29) is 10.8 Å². The molecule has 0 spiro atoms. The number of benzene rings is 3. The van der Waals surface area contributed by atoms with Crippen LogP contribution >= 0.6 is 11.6 Å². The summed E-state index contributed by atoms with van der Waals surface area (Å²) in [7, 11) is 0. The minimum atomic E-state index is -0.527. The molecule has 4 rings (SSSR count). The van der Waals surface area contributed by atoms with Crippen LogP contribution in [0.5, 0.6) is 0 Å². The van der Waals surface area contributed by atoms with Crippen molar-refractivity contribution in [3.8, 4) is 11.1 Å². The Balaban J connectivity index is 1.28. The van der Waals surface area contributed by atoms with E-state index >= 15 is 0 Å². The quantitative estimate of drug-likeness (QED) is 0.310. The summed E-state index contributed by atoms with van der Waals surface area (Å²) >= 11 is 5.75. The standard InChI is InChI=1S/C30H33ClF2/c1-2-3-4-21-7-12-24(13-8-21)25-14-9-22(10-15-25)5-6-23-11-17-27(29(32)19-23)26-16-18-28(31)30(33)20-26/h7-8,11-13,16-20,22,25H,2-6,9-10,14-15H2,1H3/t22-,25-. The SMILES string of the molecule is CCCCc1ccc([C@H]2CC[C@H](CCc3ccc(-c4ccc(Cl)c(F)c4)c(F)c3)CC2)cc1. The van der Waals surface area contributed by atoms with Crippen molar-refractivity contribution < 1.29 is 8.78 Å². The van der Waals surface area contributed by atoms with Crippen LogP contribution in [-0.2, 0) is 12.8 Å². The molecule has 0 aliphatic heterocycles. The molecule has 33 heavy (non-hydrogen) atoms. The molecule has 0 unspecified atom stereocenters. The highest BCUT2D eigenvalue weighted by Crippen LogP contribution is 2.38. The van der Waals surface area contributed by atoms with E-state index in [1.807, 2.05) is 6.07 Å². The van der Waals surface area contributed by atoms with Gasteiger partial charge in [0.25, 0.3) is 0 Å². The fourth-order valence-electron chi connectivity index (χ4n) is 5.10. The van der Waals surface area contributed by atoms with Gasteiger partial charge >= 0.3 is 0 Å². The van der Waals surface area contributed by atoms with Gasteiger partial charge < -0.3 is 0 Å². The summed E-state index contributed by atoms with van der Waals surface area (Å²) in [5.41, 5.74) is 4.88. The van der Waals surface area contributed by atoms with E-state index in [9.17, 15) is 8.78 Å². The molecule has 1 aliphatic carbocycles. The summed E-state index contributed by atoms with van der Waals surface area (Å²) in [6, 6.07) is 19.1. The molecule has 0 nitrogen and oxygen atoms in total. The topological polar surface area (TPSA) is 0 Å². The van der Waals surface area contributed by atoms with Crippen molar-refractivity contribution in [2.24, 2.45) is 5.92 Å². The van der Waals surface area contributed by atoms with Gasteiger partial charge in [-0.05, 0) is 104 Å². The third-order valence-electron chi connectivity index (χ3n) is 7.22. The van der Waals surface area contributed by atoms with Crippen molar-refractivity contribution in [2.45, 2.75) is 70.6 Å². The summed E-state index contributed by atoms with van der Waals surface area (Å²) in [6.45, 7) is 2.24. The first kappa shape index (κ1) is 24.0. The molecule has 0 heterocycles. The van der Waals surface area contributed by atoms with E-state index in [0.29, 0.717) is 23.0 Å². The predicted molar refractivity (Wildman–Crippen MR) is 135 cm³/mol. The molecule has 0 N–H and O–H groups in total. The molecule has 3 aromatic rings. The summed E-state index contributed by atoms with van der Waals surface area (Å²) in [4.78, 5) is 0. The Morgan fingerprint density at radius 2 is 1.52 bits per heavy atom. The zero-order chi connectivity index (χ0) is 23.2. The summed E-state index contributed by atoms with van der Waals surface area (Å²) in [6.07, 6.45) is 10.6. The van der Waals surface area contributed by atoms with Crippen LogP contribution in [0.3, 0.4) is 0 Å². The van der Waals surface area contributed by atoms with Gasteiger partial charge in [-0.2, -0.15) is 0 Å². The Labute approximate surface area is 202 Å². The van der Waals surface area contributed by atoms with Crippen molar-refractivity contribution in [1.29, 1.82) is 0 Å². The third-order valence-corrected chi connectivity index (χ3v) is 7.53. The smallest absolute Gasteiger partial charge is 0.142 e. The van der Waals surface area contributed by atoms with Crippen LogP contribution < -0.4 is 0 Å². The van der Waals surface area contributed by atoms with Gasteiger partial charge in [-0.3, -0.25) is 0 Å². The molecule has 3 aromatic carbocycles. The second-order valence-corrected chi connectivity index (χ2v) is 9.95. The van der Waals surface area contributed by atoms with E-state index in [4.69, 9.17) is 11.6 Å². The molecule has 0 amide bonds. The van der Waals surface area contributed by atoms with E-state index in [1.165, 1.54) is 68.2 Å². The summed E-state index contributed by atoms with van der Waals surface area (Å²) in [5.74, 6) is 0.553. The van der Waals surface area contributed by atoms with Crippen LogP contribution in [-0.4, -0.2) is 0 Å². The summed E-state index contributed by atoms with van der Waals surface area (Å²) < 4.78 is 28.5. The lowest BCUT2D eigenvalue weighted by molar-refractivity contribution is 0.310. The van der Waals surface area contributed by atoms with Gasteiger partial charge in [0, 0.05) is 5.56 Å². The van der Waals surface area contributed by atoms with Crippen LogP contribution in [0.15, 0.2) is 60.7 Å². The lowest BCUT2D eigenvalue weighted by Gasteiger charge is -2.29. The first-order chi connectivity index (χ1) is 16.0. The zero-order valence-electron chi connectivity index (χ0n) is 19.4. The van der Waals surface area contributed by atoms with Gasteiger partial charge in [-0.1, -0.05) is 67.4 Å². The van der Waals surface area contributed by atoms with Crippen LogP contribution in [0.4, 0.5) is 8.78 Å². The number of halogens is 3. The maximum atomic E-state index is 14.7. The van der Waals surface area contributed by atoms with E-state index in [2.05, 4.69) is 31.2 Å². The van der Waals surface area contributed by atoms with Crippen LogP contribution in [0.1, 0.15) is 74.5 Å². The van der Waals surface area contributed by atoms with Crippen molar-refractivity contribution in [1.82, 2.24) is 0 Å². The maximum Gasteiger partial charge on any atom is 0.142 e. The molecular formula is C30H33ClF2. The molecule has 0 bridgehead atoms. The third kappa shape index (κ3) is 6.23. The van der Waals surface area contributed by atoms with Gasteiger partial charge in [0.2, 0.25) is 0 Å². The number of hydrogen-bond acceptors (Lipinski definition) is 0. The molecule has 1 saturated carbocycles. The maximum absolute atomic E-state index is 14.7. The van der Waals surface area contributed by atoms with Gasteiger partial charge in [0.05, 0.1) is 5.02 Å². The van der Waals surface area contributed by atoms with Crippen molar-refractivity contribution in [3.05, 3.63) is 94.0 Å².